The number of nitrogens with zero attached hydrogens (tertiary/aromatic N) is 1. The van der Waals surface area contributed by atoms with Crippen LogP contribution in [0.2, 0.25) is 0 Å². The standard InChI is InChI=1S/C8H15NO2/c1-7(10)4-8(9(2)3)5-11-6-8/h4-6H2,1-3H3. The molecule has 0 aromatic heterocycles. The molecule has 0 spiro atoms. The Morgan fingerprint density at radius 3 is 2.18 bits per heavy atom. The first-order valence-corrected chi connectivity index (χ1v) is 3.81. The molecule has 0 N–H and O–H groups in total. The fourth-order valence-corrected chi connectivity index (χ4v) is 1.32. The van der Waals surface area contributed by atoms with Crippen LogP contribution in [0.5, 0.6) is 0 Å². The third-order valence-electron chi connectivity index (χ3n) is 2.27. The van der Waals surface area contributed by atoms with E-state index in [1.165, 1.54) is 0 Å². The largest absolute Gasteiger partial charge is 0.377 e. The lowest BCUT2D eigenvalue weighted by molar-refractivity contribution is -0.144. The number of hydrogen-bond donors (Lipinski definition) is 0. The van der Waals surface area contributed by atoms with Gasteiger partial charge in [0, 0.05) is 6.42 Å². The maximum atomic E-state index is 10.9. The van der Waals surface area contributed by atoms with Crippen LogP contribution in [0.3, 0.4) is 0 Å². The van der Waals surface area contributed by atoms with Crippen LogP contribution in [-0.2, 0) is 9.53 Å². The van der Waals surface area contributed by atoms with Gasteiger partial charge in [-0.15, -0.1) is 0 Å². The number of rotatable bonds is 3. The zero-order chi connectivity index (χ0) is 8.48. The van der Waals surface area contributed by atoms with Crippen molar-refractivity contribution in [2.75, 3.05) is 27.3 Å². The lowest BCUT2D eigenvalue weighted by Crippen LogP contribution is -2.60. The number of ketones is 1. The third-order valence-corrected chi connectivity index (χ3v) is 2.27. The summed E-state index contributed by atoms with van der Waals surface area (Å²) in [5.74, 6) is 0.238. The molecule has 0 saturated carbocycles. The molecule has 0 aliphatic carbocycles. The summed E-state index contributed by atoms with van der Waals surface area (Å²) in [5, 5.41) is 0. The van der Waals surface area contributed by atoms with Crippen LogP contribution in [-0.4, -0.2) is 43.5 Å². The molecule has 1 saturated heterocycles. The fraction of sp³-hybridized carbons (Fsp3) is 0.875. The van der Waals surface area contributed by atoms with Gasteiger partial charge in [0.2, 0.25) is 0 Å². The van der Waals surface area contributed by atoms with E-state index in [1.54, 1.807) is 6.92 Å². The van der Waals surface area contributed by atoms with Gasteiger partial charge < -0.3 is 4.74 Å². The van der Waals surface area contributed by atoms with Gasteiger partial charge in [0.25, 0.3) is 0 Å². The minimum Gasteiger partial charge on any atom is -0.377 e. The Balaban J connectivity index is 2.53. The molecule has 0 amide bonds. The average Bonchev–Trinajstić information content (AvgIpc) is 1.77. The van der Waals surface area contributed by atoms with Crippen LogP contribution >= 0.6 is 0 Å². The number of likely N-dealkylation sites (N-methyl/N-ethyl adjacent to an activating group) is 1. The Labute approximate surface area is 67.3 Å². The maximum absolute atomic E-state index is 10.9. The number of carbonyl (C=O) groups is 1. The van der Waals surface area contributed by atoms with Gasteiger partial charge in [-0.1, -0.05) is 0 Å². The van der Waals surface area contributed by atoms with E-state index in [2.05, 4.69) is 4.90 Å². The summed E-state index contributed by atoms with van der Waals surface area (Å²) in [6.45, 7) is 3.02. The summed E-state index contributed by atoms with van der Waals surface area (Å²) in [7, 11) is 3.98. The van der Waals surface area contributed by atoms with E-state index < -0.39 is 0 Å². The van der Waals surface area contributed by atoms with E-state index in [0.29, 0.717) is 19.6 Å². The second kappa shape index (κ2) is 2.91. The molecule has 11 heavy (non-hydrogen) atoms. The Kier molecular flexibility index (Phi) is 2.30. The first-order chi connectivity index (χ1) is 5.07. The van der Waals surface area contributed by atoms with Crippen molar-refractivity contribution in [1.29, 1.82) is 0 Å². The van der Waals surface area contributed by atoms with E-state index >= 15 is 0 Å². The minimum atomic E-state index is 0.00579. The zero-order valence-corrected chi connectivity index (χ0v) is 7.39. The predicted octanol–water partition coefficient (Wildman–Crippen LogP) is 0.296. The first kappa shape index (κ1) is 8.68. The van der Waals surface area contributed by atoms with Crippen molar-refractivity contribution in [3.63, 3.8) is 0 Å². The Morgan fingerprint density at radius 1 is 1.55 bits per heavy atom. The van der Waals surface area contributed by atoms with Crippen molar-refractivity contribution in [3.8, 4) is 0 Å². The smallest absolute Gasteiger partial charge is 0.131 e. The zero-order valence-electron chi connectivity index (χ0n) is 7.39. The number of ether oxygens (including phenoxy) is 1. The Morgan fingerprint density at radius 2 is 2.09 bits per heavy atom. The highest BCUT2D eigenvalue weighted by Gasteiger charge is 2.41. The molecule has 64 valence electrons. The summed E-state index contributed by atoms with van der Waals surface area (Å²) in [5.41, 5.74) is 0.00579. The molecule has 3 nitrogen and oxygen atoms in total. The van der Waals surface area contributed by atoms with Crippen LogP contribution in [0.15, 0.2) is 0 Å². The van der Waals surface area contributed by atoms with Crippen LogP contribution in [0.4, 0.5) is 0 Å². The molecule has 0 unspecified atom stereocenters. The van der Waals surface area contributed by atoms with E-state index in [1.807, 2.05) is 14.1 Å². The van der Waals surface area contributed by atoms with Gasteiger partial charge in [0.15, 0.2) is 0 Å². The minimum absolute atomic E-state index is 0.00579. The predicted molar refractivity (Wildman–Crippen MR) is 42.5 cm³/mol. The van der Waals surface area contributed by atoms with Gasteiger partial charge in [-0.05, 0) is 21.0 Å². The molecule has 3 heteroatoms. The molecule has 0 bridgehead atoms. The summed E-state index contributed by atoms with van der Waals surface area (Å²) in [4.78, 5) is 13.0. The molecule has 0 aromatic carbocycles. The topological polar surface area (TPSA) is 29.5 Å². The molecule has 1 aliphatic heterocycles. The van der Waals surface area contributed by atoms with E-state index in [-0.39, 0.29) is 11.3 Å². The third kappa shape index (κ3) is 1.60. The highest BCUT2D eigenvalue weighted by Crippen LogP contribution is 2.26. The first-order valence-electron chi connectivity index (χ1n) is 3.81. The van der Waals surface area contributed by atoms with Crippen molar-refractivity contribution in [1.82, 2.24) is 4.90 Å². The highest BCUT2D eigenvalue weighted by atomic mass is 16.5. The Bertz CT molecular complexity index is 161. The highest BCUT2D eigenvalue weighted by molar-refractivity contribution is 5.77. The molecule has 0 atom stereocenters. The second-order valence-electron chi connectivity index (χ2n) is 3.49. The molecule has 1 fully saturated rings. The van der Waals surface area contributed by atoms with Gasteiger partial charge in [0.05, 0.1) is 18.8 Å². The second-order valence-corrected chi connectivity index (χ2v) is 3.49. The van der Waals surface area contributed by atoms with Crippen LogP contribution in [0.1, 0.15) is 13.3 Å². The fourth-order valence-electron chi connectivity index (χ4n) is 1.32. The van der Waals surface area contributed by atoms with Crippen LogP contribution in [0, 0.1) is 0 Å². The molecule has 1 aliphatic rings. The summed E-state index contributed by atoms with van der Waals surface area (Å²) >= 11 is 0. The molecule has 1 heterocycles. The molecule has 0 radical (unpaired) electrons. The molecular weight excluding hydrogens is 142 g/mol. The van der Waals surface area contributed by atoms with Crippen molar-refractivity contribution < 1.29 is 9.53 Å². The number of Topliss-reactive ketones (excluding diaryl/α,β-unsaturated/α-hetero) is 1. The van der Waals surface area contributed by atoms with Gasteiger partial charge in [-0.3, -0.25) is 9.69 Å². The van der Waals surface area contributed by atoms with Crippen LogP contribution < -0.4 is 0 Å². The number of hydrogen-bond acceptors (Lipinski definition) is 3. The van der Waals surface area contributed by atoms with E-state index in [9.17, 15) is 4.79 Å². The molecule has 1 rings (SSSR count). The van der Waals surface area contributed by atoms with Crippen molar-refractivity contribution in [2.24, 2.45) is 0 Å². The molecule has 0 aromatic rings. The van der Waals surface area contributed by atoms with Gasteiger partial charge in [0.1, 0.15) is 5.78 Å². The quantitative estimate of drug-likeness (QED) is 0.590. The monoisotopic (exact) mass is 157 g/mol. The summed E-state index contributed by atoms with van der Waals surface area (Å²) in [6.07, 6.45) is 0.611. The van der Waals surface area contributed by atoms with Gasteiger partial charge in [-0.2, -0.15) is 0 Å². The maximum Gasteiger partial charge on any atom is 0.131 e. The Hall–Kier alpha value is -0.410. The lowest BCUT2D eigenvalue weighted by Gasteiger charge is -2.46. The van der Waals surface area contributed by atoms with E-state index in [4.69, 9.17) is 4.74 Å². The SMILES string of the molecule is CC(=O)CC1(N(C)C)COC1. The lowest BCUT2D eigenvalue weighted by atomic mass is 9.90. The van der Waals surface area contributed by atoms with Crippen molar-refractivity contribution in [2.45, 2.75) is 18.9 Å². The summed E-state index contributed by atoms with van der Waals surface area (Å²) < 4.78 is 5.11. The molecular formula is C8H15NO2. The van der Waals surface area contributed by atoms with Crippen molar-refractivity contribution in [3.05, 3.63) is 0 Å². The van der Waals surface area contributed by atoms with E-state index in [0.717, 1.165) is 0 Å². The van der Waals surface area contributed by atoms with Gasteiger partial charge in [-0.25, -0.2) is 0 Å². The summed E-state index contributed by atoms with van der Waals surface area (Å²) in [6, 6.07) is 0. The van der Waals surface area contributed by atoms with Crippen LogP contribution in [0.25, 0.3) is 0 Å². The average molecular weight is 157 g/mol. The normalized spacial score (nSPS) is 21.5. The van der Waals surface area contributed by atoms with Crippen molar-refractivity contribution >= 4 is 5.78 Å². The number of carbonyl (C=O) groups excluding carboxylic acids is 1. The van der Waals surface area contributed by atoms with Gasteiger partial charge >= 0.3 is 0 Å².